The predicted octanol–water partition coefficient (Wildman–Crippen LogP) is 4.05. The van der Waals surface area contributed by atoms with Crippen molar-refractivity contribution in [3.63, 3.8) is 0 Å². The number of para-hydroxylation sites is 1. The van der Waals surface area contributed by atoms with E-state index in [1.807, 2.05) is 36.4 Å². The second-order valence-electron chi connectivity index (χ2n) is 8.49. The highest BCUT2D eigenvalue weighted by Crippen LogP contribution is 2.26. The van der Waals surface area contributed by atoms with Gasteiger partial charge < -0.3 is 10.6 Å². The van der Waals surface area contributed by atoms with Crippen LogP contribution in [-0.4, -0.2) is 28.1 Å². The minimum absolute atomic E-state index is 0.0947. The number of carbonyl (C=O) groups is 2. The van der Waals surface area contributed by atoms with Crippen LogP contribution in [0.4, 0.5) is 5.82 Å². The van der Waals surface area contributed by atoms with Gasteiger partial charge in [0.15, 0.2) is 0 Å². The number of nitrogens with zero attached hydrogens (tertiary/aromatic N) is 2. The first-order valence-electron chi connectivity index (χ1n) is 9.89. The van der Waals surface area contributed by atoms with Gasteiger partial charge in [-0.1, -0.05) is 52.8 Å². The number of benzene rings is 1. The monoisotopic (exact) mass is 384 g/mol. The van der Waals surface area contributed by atoms with Crippen molar-refractivity contribution in [3.8, 4) is 5.69 Å². The normalized spacial score (nSPS) is 11.5. The summed E-state index contributed by atoms with van der Waals surface area (Å²) >= 11 is 0. The zero-order valence-electron chi connectivity index (χ0n) is 17.6. The smallest absolute Gasteiger partial charge is 0.226 e. The lowest BCUT2D eigenvalue weighted by atomic mass is 9.92. The van der Waals surface area contributed by atoms with Gasteiger partial charge in [0.25, 0.3) is 0 Å². The summed E-state index contributed by atoms with van der Waals surface area (Å²) in [6.45, 7) is 11.1. The Balaban J connectivity index is 2.03. The van der Waals surface area contributed by atoms with Gasteiger partial charge in [0.2, 0.25) is 11.8 Å². The number of amides is 2. The van der Waals surface area contributed by atoms with Gasteiger partial charge in [-0.2, -0.15) is 5.10 Å². The van der Waals surface area contributed by atoms with Crippen LogP contribution in [0.25, 0.3) is 5.69 Å². The zero-order chi connectivity index (χ0) is 20.7. The quantitative estimate of drug-likeness (QED) is 0.721. The van der Waals surface area contributed by atoms with Crippen LogP contribution in [0, 0.1) is 5.92 Å². The molecule has 0 saturated heterocycles. The van der Waals surface area contributed by atoms with Crippen molar-refractivity contribution in [2.45, 2.75) is 59.3 Å². The molecule has 0 aliphatic carbocycles. The van der Waals surface area contributed by atoms with Crippen LogP contribution in [0.3, 0.4) is 0 Å². The predicted molar refractivity (Wildman–Crippen MR) is 113 cm³/mol. The molecule has 6 nitrogen and oxygen atoms in total. The van der Waals surface area contributed by atoms with Crippen molar-refractivity contribution < 1.29 is 9.59 Å². The van der Waals surface area contributed by atoms with Gasteiger partial charge in [0, 0.05) is 30.9 Å². The Labute approximate surface area is 167 Å². The van der Waals surface area contributed by atoms with Gasteiger partial charge in [-0.3, -0.25) is 9.59 Å². The zero-order valence-corrected chi connectivity index (χ0v) is 17.6. The molecule has 0 bridgehead atoms. The average Bonchev–Trinajstić information content (AvgIpc) is 3.04. The first-order chi connectivity index (χ1) is 13.2. The van der Waals surface area contributed by atoms with E-state index in [0.29, 0.717) is 18.3 Å². The molecule has 152 valence electrons. The van der Waals surface area contributed by atoms with Crippen molar-refractivity contribution in [3.05, 3.63) is 42.1 Å². The minimum Gasteiger partial charge on any atom is -0.356 e. The third kappa shape index (κ3) is 6.51. The second kappa shape index (κ2) is 9.53. The Hall–Kier alpha value is -2.63. The second-order valence-corrected chi connectivity index (χ2v) is 8.49. The number of hydrogen-bond donors (Lipinski definition) is 2. The Bertz CT molecular complexity index is 789. The van der Waals surface area contributed by atoms with E-state index in [1.165, 1.54) is 0 Å². The Morgan fingerprint density at radius 2 is 1.71 bits per heavy atom. The van der Waals surface area contributed by atoms with Crippen molar-refractivity contribution in [1.82, 2.24) is 15.1 Å². The van der Waals surface area contributed by atoms with Crippen molar-refractivity contribution in [2.75, 3.05) is 11.9 Å². The Kier molecular flexibility index (Phi) is 7.38. The summed E-state index contributed by atoms with van der Waals surface area (Å²) in [6, 6.07) is 11.6. The number of rotatable bonds is 8. The summed E-state index contributed by atoms with van der Waals surface area (Å²) < 4.78 is 1.74. The van der Waals surface area contributed by atoms with Crippen LogP contribution in [0.5, 0.6) is 0 Å². The molecule has 2 amide bonds. The van der Waals surface area contributed by atoms with Crippen molar-refractivity contribution >= 4 is 17.6 Å². The van der Waals surface area contributed by atoms with Gasteiger partial charge in [0.05, 0.1) is 11.4 Å². The van der Waals surface area contributed by atoms with Crippen LogP contribution >= 0.6 is 0 Å². The van der Waals surface area contributed by atoms with E-state index in [0.717, 1.165) is 17.8 Å². The highest BCUT2D eigenvalue weighted by molar-refractivity contribution is 5.92. The number of nitrogens with one attached hydrogen (secondary N) is 2. The SMILES string of the molecule is CC(C)CCNC(=O)CCC(=O)Nc1cc(C(C)(C)C)nn1-c1ccccc1. The third-order valence-electron chi connectivity index (χ3n) is 4.37. The maximum Gasteiger partial charge on any atom is 0.226 e. The molecule has 0 saturated carbocycles. The summed E-state index contributed by atoms with van der Waals surface area (Å²) in [7, 11) is 0. The summed E-state index contributed by atoms with van der Waals surface area (Å²) in [5.41, 5.74) is 1.62. The summed E-state index contributed by atoms with van der Waals surface area (Å²) in [5, 5.41) is 10.5. The molecule has 0 radical (unpaired) electrons. The Morgan fingerprint density at radius 3 is 2.32 bits per heavy atom. The van der Waals surface area contributed by atoms with Crippen LogP contribution in [0.1, 0.15) is 59.6 Å². The molecule has 2 rings (SSSR count). The van der Waals surface area contributed by atoms with Gasteiger partial charge in [-0.25, -0.2) is 4.68 Å². The summed E-state index contributed by atoms with van der Waals surface area (Å²) in [6.07, 6.45) is 1.25. The van der Waals surface area contributed by atoms with Crippen LogP contribution < -0.4 is 10.6 Å². The van der Waals surface area contributed by atoms with Gasteiger partial charge in [-0.15, -0.1) is 0 Å². The fourth-order valence-electron chi connectivity index (χ4n) is 2.62. The maximum absolute atomic E-state index is 12.4. The van der Waals surface area contributed by atoms with Gasteiger partial charge in [-0.05, 0) is 24.5 Å². The molecule has 28 heavy (non-hydrogen) atoms. The fraction of sp³-hybridized carbons (Fsp3) is 0.500. The molecule has 2 aromatic rings. The van der Waals surface area contributed by atoms with E-state index >= 15 is 0 Å². The van der Waals surface area contributed by atoms with E-state index < -0.39 is 0 Å². The van der Waals surface area contributed by atoms with Crippen LogP contribution in [0.2, 0.25) is 0 Å². The van der Waals surface area contributed by atoms with E-state index in [1.54, 1.807) is 4.68 Å². The molecule has 0 aliphatic heterocycles. The lowest BCUT2D eigenvalue weighted by Gasteiger charge is -2.14. The first-order valence-corrected chi connectivity index (χ1v) is 9.89. The number of carbonyl (C=O) groups excluding carboxylic acids is 2. The van der Waals surface area contributed by atoms with E-state index in [2.05, 4.69) is 50.4 Å². The number of hydrogen-bond acceptors (Lipinski definition) is 3. The fourth-order valence-corrected chi connectivity index (χ4v) is 2.62. The minimum atomic E-state index is -0.198. The Morgan fingerprint density at radius 1 is 1.07 bits per heavy atom. The van der Waals surface area contributed by atoms with E-state index in [-0.39, 0.29) is 30.1 Å². The third-order valence-corrected chi connectivity index (χ3v) is 4.37. The topological polar surface area (TPSA) is 76.0 Å². The lowest BCUT2D eigenvalue weighted by Crippen LogP contribution is -2.26. The first kappa shape index (κ1) is 21.7. The van der Waals surface area contributed by atoms with Gasteiger partial charge in [0.1, 0.15) is 5.82 Å². The average molecular weight is 385 g/mol. The standard InChI is InChI=1S/C22H32N4O2/c1-16(2)13-14-23-20(27)11-12-21(28)24-19-15-18(22(3,4)5)25-26(19)17-9-7-6-8-10-17/h6-10,15-16H,11-14H2,1-5H3,(H,23,27)(H,24,28). The molecule has 0 atom stereocenters. The summed E-state index contributed by atoms with van der Waals surface area (Å²) in [4.78, 5) is 24.3. The largest absolute Gasteiger partial charge is 0.356 e. The number of anilines is 1. The number of aromatic nitrogens is 2. The highest BCUT2D eigenvalue weighted by atomic mass is 16.2. The molecule has 0 unspecified atom stereocenters. The molecule has 0 spiro atoms. The van der Waals surface area contributed by atoms with Gasteiger partial charge >= 0.3 is 0 Å². The summed E-state index contributed by atoms with van der Waals surface area (Å²) in [5.74, 6) is 0.861. The van der Waals surface area contributed by atoms with E-state index in [9.17, 15) is 9.59 Å². The molecule has 0 aliphatic rings. The maximum atomic E-state index is 12.4. The molecule has 2 N–H and O–H groups in total. The van der Waals surface area contributed by atoms with Crippen molar-refractivity contribution in [1.29, 1.82) is 0 Å². The molecular weight excluding hydrogens is 352 g/mol. The lowest BCUT2D eigenvalue weighted by molar-refractivity contribution is -0.124. The molecular formula is C22H32N4O2. The molecule has 0 fully saturated rings. The molecule has 6 heteroatoms. The van der Waals surface area contributed by atoms with Crippen LogP contribution in [0.15, 0.2) is 36.4 Å². The van der Waals surface area contributed by atoms with Crippen molar-refractivity contribution in [2.24, 2.45) is 5.92 Å². The molecule has 1 aromatic heterocycles. The van der Waals surface area contributed by atoms with E-state index in [4.69, 9.17) is 0 Å². The van der Waals surface area contributed by atoms with Crippen LogP contribution in [-0.2, 0) is 15.0 Å². The highest BCUT2D eigenvalue weighted by Gasteiger charge is 2.21. The molecule has 1 aromatic carbocycles. The molecule has 1 heterocycles.